The fourth-order valence-corrected chi connectivity index (χ4v) is 4.73. The Labute approximate surface area is 187 Å². The summed E-state index contributed by atoms with van der Waals surface area (Å²) in [6.45, 7) is 2.83. The molecule has 1 amide bonds. The van der Waals surface area contributed by atoms with E-state index < -0.39 is 12.1 Å². The number of para-hydroxylation sites is 1. The first kappa shape index (κ1) is 23.1. The summed E-state index contributed by atoms with van der Waals surface area (Å²) in [5.41, 5.74) is 1.76. The third-order valence-corrected chi connectivity index (χ3v) is 6.28. The van der Waals surface area contributed by atoms with Crippen LogP contribution in [-0.2, 0) is 19.1 Å². The van der Waals surface area contributed by atoms with Crippen molar-refractivity contribution < 1.29 is 23.8 Å². The Morgan fingerprint density at radius 3 is 2.58 bits per heavy atom. The van der Waals surface area contributed by atoms with Gasteiger partial charge in [0.1, 0.15) is 12.4 Å². The van der Waals surface area contributed by atoms with Gasteiger partial charge in [-0.1, -0.05) is 24.3 Å². The van der Waals surface area contributed by atoms with Crippen LogP contribution in [0.1, 0.15) is 17.7 Å². The Hall–Kier alpha value is -2.55. The first-order valence-corrected chi connectivity index (χ1v) is 11.1. The van der Waals surface area contributed by atoms with Gasteiger partial charge in [-0.2, -0.15) is 0 Å². The molecule has 0 bridgehead atoms. The molecular formula is C23H28N2O5S. The molecule has 2 aromatic carbocycles. The molecule has 7 nitrogen and oxygen atoms in total. The summed E-state index contributed by atoms with van der Waals surface area (Å²) in [6.07, 6.45) is -0.855. The second-order valence-electron chi connectivity index (χ2n) is 6.91. The zero-order valence-corrected chi connectivity index (χ0v) is 18.8. The van der Waals surface area contributed by atoms with Gasteiger partial charge in [-0.05, 0) is 43.8 Å². The molecule has 0 saturated heterocycles. The minimum atomic E-state index is -0.855. The number of nitrogens with one attached hydrogen (secondary N) is 1. The Morgan fingerprint density at radius 1 is 1.16 bits per heavy atom. The van der Waals surface area contributed by atoms with Crippen LogP contribution in [0.3, 0.4) is 0 Å². The highest BCUT2D eigenvalue weighted by Gasteiger charge is 2.39. The lowest BCUT2D eigenvalue weighted by atomic mass is 10.1. The predicted molar refractivity (Wildman–Crippen MR) is 121 cm³/mol. The number of benzene rings is 2. The van der Waals surface area contributed by atoms with E-state index in [4.69, 9.17) is 14.2 Å². The van der Waals surface area contributed by atoms with Gasteiger partial charge in [0.15, 0.2) is 6.10 Å². The van der Waals surface area contributed by atoms with Gasteiger partial charge in [-0.25, -0.2) is 4.79 Å². The molecule has 8 heteroatoms. The van der Waals surface area contributed by atoms with E-state index in [9.17, 15) is 9.59 Å². The van der Waals surface area contributed by atoms with E-state index in [1.165, 1.54) is 0 Å². The molecule has 1 heterocycles. The average Bonchev–Trinajstić information content (AvgIpc) is 2.90. The van der Waals surface area contributed by atoms with Crippen molar-refractivity contribution in [2.24, 2.45) is 0 Å². The van der Waals surface area contributed by atoms with E-state index in [1.807, 2.05) is 55.6 Å². The van der Waals surface area contributed by atoms with Crippen molar-refractivity contribution in [2.75, 3.05) is 45.4 Å². The van der Waals surface area contributed by atoms with Crippen molar-refractivity contribution in [3.63, 3.8) is 0 Å². The summed E-state index contributed by atoms with van der Waals surface area (Å²) in [7, 11) is 3.46. The third kappa shape index (κ3) is 5.58. The van der Waals surface area contributed by atoms with Gasteiger partial charge in [0.05, 0.1) is 24.7 Å². The summed E-state index contributed by atoms with van der Waals surface area (Å²) >= 11 is 1.56. The number of likely N-dealkylation sites (N-methyl/N-ethyl adjacent to an activating group) is 1. The maximum absolute atomic E-state index is 13.7. The molecule has 1 aliphatic rings. The Bertz CT molecular complexity index is 890. The SMILES string of the molecule is CCOC(=O)CO[C@@H]1C(=O)N(CCNC)c2ccccc2S[C@@H]1c1ccc(OC)cc1. The zero-order valence-electron chi connectivity index (χ0n) is 18.0. The fraction of sp³-hybridized carbons (Fsp3) is 0.391. The second-order valence-corrected chi connectivity index (χ2v) is 8.09. The minimum Gasteiger partial charge on any atom is -0.497 e. The van der Waals surface area contributed by atoms with Gasteiger partial charge < -0.3 is 24.4 Å². The van der Waals surface area contributed by atoms with Crippen LogP contribution in [0, 0.1) is 0 Å². The number of hydrogen-bond acceptors (Lipinski definition) is 7. The van der Waals surface area contributed by atoms with Crippen LogP contribution >= 0.6 is 11.8 Å². The molecule has 1 aliphatic heterocycles. The maximum atomic E-state index is 13.7. The molecule has 0 fully saturated rings. The Balaban J connectivity index is 2.00. The van der Waals surface area contributed by atoms with E-state index in [2.05, 4.69) is 5.32 Å². The van der Waals surface area contributed by atoms with Crippen LogP contribution < -0.4 is 15.0 Å². The number of amides is 1. The van der Waals surface area contributed by atoms with Crippen LogP contribution in [0.2, 0.25) is 0 Å². The highest BCUT2D eigenvalue weighted by Crippen LogP contribution is 2.46. The van der Waals surface area contributed by atoms with E-state index >= 15 is 0 Å². The zero-order chi connectivity index (χ0) is 22.2. The quantitative estimate of drug-likeness (QED) is 0.596. The molecule has 1 N–H and O–H groups in total. The van der Waals surface area contributed by atoms with Gasteiger partial charge in [0.25, 0.3) is 5.91 Å². The predicted octanol–water partition coefficient (Wildman–Crippen LogP) is 3.04. The summed E-state index contributed by atoms with van der Waals surface area (Å²) in [4.78, 5) is 28.4. The Kier molecular flexibility index (Phi) is 8.34. The van der Waals surface area contributed by atoms with E-state index in [0.717, 1.165) is 21.9 Å². The van der Waals surface area contributed by atoms with Gasteiger partial charge in [-0.3, -0.25) is 4.79 Å². The van der Waals surface area contributed by atoms with Crippen molar-refractivity contribution in [1.82, 2.24) is 5.32 Å². The number of thioether (sulfide) groups is 1. The first-order valence-electron chi connectivity index (χ1n) is 10.2. The van der Waals surface area contributed by atoms with E-state index in [-0.39, 0.29) is 24.4 Å². The normalized spacial score (nSPS) is 18.3. The number of esters is 1. The summed E-state index contributed by atoms with van der Waals surface area (Å²) in [5.74, 6) is 0.0591. The molecule has 2 aromatic rings. The molecule has 31 heavy (non-hydrogen) atoms. The van der Waals surface area contributed by atoms with Gasteiger partial charge in [-0.15, -0.1) is 11.8 Å². The van der Waals surface area contributed by atoms with Crippen molar-refractivity contribution >= 4 is 29.3 Å². The second kappa shape index (κ2) is 11.2. The van der Waals surface area contributed by atoms with Crippen LogP contribution in [0.15, 0.2) is 53.4 Å². The van der Waals surface area contributed by atoms with Crippen molar-refractivity contribution in [1.29, 1.82) is 0 Å². The molecular weight excluding hydrogens is 416 g/mol. The number of rotatable bonds is 9. The summed E-state index contributed by atoms with van der Waals surface area (Å²) < 4.78 is 16.2. The topological polar surface area (TPSA) is 77.1 Å². The van der Waals surface area contributed by atoms with Gasteiger partial charge in [0.2, 0.25) is 0 Å². The van der Waals surface area contributed by atoms with E-state index in [0.29, 0.717) is 13.1 Å². The number of carbonyl (C=O) groups is 2. The minimum absolute atomic E-state index is 0.183. The molecule has 0 saturated carbocycles. The number of fused-ring (bicyclic) bond motifs is 1. The monoisotopic (exact) mass is 444 g/mol. The lowest BCUT2D eigenvalue weighted by molar-refractivity contribution is -0.152. The number of carbonyl (C=O) groups excluding carboxylic acids is 2. The van der Waals surface area contributed by atoms with Crippen LogP contribution in [-0.4, -0.2) is 58.4 Å². The summed E-state index contributed by atoms with van der Waals surface area (Å²) in [6, 6.07) is 15.4. The maximum Gasteiger partial charge on any atom is 0.332 e. The first-order chi connectivity index (χ1) is 15.1. The molecule has 2 atom stereocenters. The van der Waals surface area contributed by atoms with Crippen molar-refractivity contribution in [2.45, 2.75) is 23.2 Å². The average molecular weight is 445 g/mol. The van der Waals surface area contributed by atoms with E-state index in [1.54, 1.807) is 30.7 Å². The smallest absolute Gasteiger partial charge is 0.332 e. The number of anilines is 1. The number of hydrogen-bond donors (Lipinski definition) is 1. The Morgan fingerprint density at radius 2 is 1.90 bits per heavy atom. The van der Waals surface area contributed by atoms with Crippen molar-refractivity contribution in [3.05, 3.63) is 54.1 Å². The molecule has 0 unspecified atom stereocenters. The highest BCUT2D eigenvalue weighted by atomic mass is 32.2. The van der Waals surface area contributed by atoms with Crippen molar-refractivity contribution in [3.8, 4) is 5.75 Å². The van der Waals surface area contributed by atoms with Crippen LogP contribution in [0.4, 0.5) is 5.69 Å². The molecule has 0 aromatic heterocycles. The van der Waals surface area contributed by atoms with Crippen LogP contribution in [0.25, 0.3) is 0 Å². The number of methoxy groups -OCH3 is 1. The number of ether oxygens (including phenoxy) is 3. The molecule has 166 valence electrons. The van der Waals surface area contributed by atoms with Gasteiger partial charge >= 0.3 is 5.97 Å². The number of nitrogens with zero attached hydrogens (tertiary/aromatic N) is 1. The molecule has 0 spiro atoms. The standard InChI is InChI=1S/C23H28N2O5S/c1-4-29-20(26)15-30-21-22(16-9-11-17(28-3)12-10-16)31-19-8-6-5-7-18(19)25(23(21)27)14-13-24-2/h5-12,21-22,24H,4,13-15H2,1-3H3/t21-,22+/m0/s1. The van der Waals surface area contributed by atoms with Crippen LogP contribution in [0.5, 0.6) is 5.75 Å². The highest BCUT2D eigenvalue weighted by molar-refractivity contribution is 7.99. The lowest BCUT2D eigenvalue weighted by Crippen LogP contribution is -2.45. The molecule has 3 rings (SSSR count). The lowest BCUT2D eigenvalue weighted by Gasteiger charge is -2.28. The molecule has 0 radical (unpaired) electrons. The fourth-order valence-electron chi connectivity index (χ4n) is 3.39. The third-order valence-electron chi connectivity index (χ3n) is 4.91. The molecule has 0 aliphatic carbocycles. The van der Waals surface area contributed by atoms with Gasteiger partial charge in [0, 0.05) is 18.0 Å². The largest absolute Gasteiger partial charge is 0.497 e. The summed E-state index contributed by atoms with van der Waals surface area (Å²) in [5, 5.41) is 2.76.